The van der Waals surface area contributed by atoms with Gasteiger partial charge in [-0.3, -0.25) is 0 Å². The lowest BCUT2D eigenvalue weighted by Gasteiger charge is -2.38. The van der Waals surface area contributed by atoms with Gasteiger partial charge in [0.1, 0.15) is 0 Å². The molecule has 19 heavy (non-hydrogen) atoms. The maximum Gasteiger partial charge on any atom is 0.211 e. The minimum absolute atomic E-state index is 0.0848. The van der Waals surface area contributed by atoms with Crippen molar-refractivity contribution in [3.63, 3.8) is 0 Å². The molecule has 0 aromatic heterocycles. The third-order valence-corrected chi connectivity index (χ3v) is 5.44. The summed E-state index contributed by atoms with van der Waals surface area (Å²) in [6.07, 6.45) is 5.08. The van der Waals surface area contributed by atoms with Crippen molar-refractivity contribution in [3.05, 3.63) is 0 Å². The summed E-state index contributed by atoms with van der Waals surface area (Å²) in [6.45, 7) is 9.22. The normalized spacial score (nSPS) is 23.7. The molecule has 1 rings (SSSR count). The highest BCUT2D eigenvalue weighted by molar-refractivity contribution is 7.89. The van der Waals surface area contributed by atoms with Gasteiger partial charge in [-0.15, -0.1) is 0 Å². The van der Waals surface area contributed by atoms with Crippen LogP contribution >= 0.6 is 0 Å². The zero-order valence-electron chi connectivity index (χ0n) is 12.8. The maximum atomic E-state index is 12.1. The van der Waals surface area contributed by atoms with Gasteiger partial charge in [0.15, 0.2) is 0 Å². The van der Waals surface area contributed by atoms with Gasteiger partial charge in [-0.1, -0.05) is 40.5 Å². The van der Waals surface area contributed by atoms with Crippen LogP contribution in [0.3, 0.4) is 0 Å². The van der Waals surface area contributed by atoms with Crippen molar-refractivity contribution in [1.29, 1.82) is 0 Å². The predicted molar refractivity (Wildman–Crippen MR) is 80.7 cm³/mol. The molecule has 1 fully saturated rings. The summed E-state index contributed by atoms with van der Waals surface area (Å²) in [5, 5.41) is 3.25. The van der Waals surface area contributed by atoms with E-state index < -0.39 is 10.0 Å². The van der Waals surface area contributed by atoms with E-state index in [0.29, 0.717) is 12.5 Å². The van der Waals surface area contributed by atoms with Gasteiger partial charge in [0.05, 0.1) is 5.75 Å². The lowest BCUT2D eigenvalue weighted by molar-refractivity contribution is 0.188. The number of sulfonamides is 1. The third kappa shape index (κ3) is 6.23. The molecule has 0 aromatic rings. The molecule has 0 aliphatic heterocycles. The Morgan fingerprint density at radius 3 is 2.53 bits per heavy atom. The largest absolute Gasteiger partial charge is 0.314 e. The van der Waals surface area contributed by atoms with Gasteiger partial charge in [0, 0.05) is 12.1 Å². The van der Waals surface area contributed by atoms with Crippen LogP contribution in [-0.4, -0.2) is 32.8 Å². The minimum Gasteiger partial charge on any atom is -0.314 e. The van der Waals surface area contributed by atoms with E-state index in [1.165, 1.54) is 6.42 Å². The Hall–Kier alpha value is -0.130. The molecule has 5 heteroatoms. The summed E-state index contributed by atoms with van der Waals surface area (Å²) in [5.74, 6) is 0.222. The first kappa shape index (κ1) is 16.9. The topological polar surface area (TPSA) is 58.2 Å². The highest BCUT2D eigenvalue weighted by Crippen LogP contribution is 2.35. The molecule has 2 N–H and O–H groups in total. The molecule has 0 aromatic carbocycles. The second kappa shape index (κ2) is 7.04. The summed E-state index contributed by atoms with van der Waals surface area (Å²) >= 11 is 0. The second-order valence-corrected chi connectivity index (χ2v) is 8.56. The third-order valence-electron chi connectivity index (χ3n) is 3.97. The van der Waals surface area contributed by atoms with Crippen LogP contribution in [0.2, 0.25) is 0 Å². The Morgan fingerprint density at radius 1 is 1.26 bits per heavy atom. The first-order chi connectivity index (χ1) is 8.73. The molecule has 1 saturated carbocycles. The lowest BCUT2D eigenvalue weighted by Crippen LogP contribution is -2.47. The zero-order valence-corrected chi connectivity index (χ0v) is 13.6. The molecule has 0 bridgehead atoms. The summed E-state index contributed by atoms with van der Waals surface area (Å²) in [6, 6.07) is 0.511. The average molecular weight is 290 g/mol. The highest BCUT2D eigenvalue weighted by Gasteiger charge is 2.34. The fourth-order valence-electron chi connectivity index (χ4n) is 2.64. The van der Waals surface area contributed by atoms with E-state index in [9.17, 15) is 8.42 Å². The Kier molecular flexibility index (Phi) is 6.27. The molecule has 4 nitrogen and oxygen atoms in total. The summed E-state index contributed by atoms with van der Waals surface area (Å²) in [7, 11) is -3.14. The number of hydrogen-bond acceptors (Lipinski definition) is 3. The van der Waals surface area contributed by atoms with Crippen LogP contribution in [0.4, 0.5) is 0 Å². The molecule has 0 spiro atoms. The number of hydrogen-bond donors (Lipinski definition) is 2. The maximum absolute atomic E-state index is 12.1. The Balaban J connectivity index is 2.41. The molecule has 0 amide bonds. The SMILES string of the molecule is CC(C)NCCCS(=O)(=O)NC1CCCCC1(C)C. The van der Waals surface area contributed by atoms with Crippen molar-refractivity contribution in [2.24, 2.45) is 5.41 Å². The van der Waals surface area contributed by atoms with Gasteiger partial charge in [-0.05, 0) is 31.2 Å². The lowest BCUT2D eigenvalue weighted by atomic mass is 9.74. The van der Waals surface area contributed by atoms with Crippen LogP contribution in [0, 0.1) is 5.41 Å². The van der Waals surface area contributed by atoms with Crippen LogP contribution in [0.1, 0.15) is 59.8 Å². The Labute approximate surface area is 118 Å². The first-order valence-corrected chi connectivity index (χ1v) is 9.11. The van der Waals surface area contributed by atoms with E-state index in [0.717, 1.165) is 25.8 Å². The molecular weight excluding hydrogens is 260 g/mol. The van der Waals surface area contributed by atoms with E-state index in [1.807, 2.05) is 0 Å². The van der Waals surface area contributed by atoms with E-state index >= 15 is 0 Å². The molecular formula is C14H30N2O2S. The molecule has 0 heterocycles. The van der Waals surface area contributed by atoms with Gasteiger partial charge in [-0.2, -0.15) is 0 Å². The van der Waals surface area contributed by atoms with Crippen molar-refractivity contribution < 1.29 is 8.42 Å². The van der Waals surface area contributed by atoms with Crippen LogP contribution < -0.4 is 10.0 Å². The van der Waals surface area contributed by atoms with E-state index in [4.69, 9.17) is 0 Å². The van der Waals surface area contributed by atoms with Gasteiger partial charge < -0.3 is 5.32 Å². The molecule has 1 aliphatic rings. The molecule has 114 valence electrons. The van der Waals surface area contributed by atoms with Crippen molar-refractivity contribution in [3.8, 4) is 0 Å². The van der Waals surface area contributed by atoms with Crippen molar-refractivity contribution in [2.75, 3.05) is 12.3 Å². The monoisotopic (exact) mass is 290 g/mol. The van der Waals surface area contributed by atoms with Crippen LogP contribution in [0.25, 0.3) is 0 Å². The molecule has 0 radical (unpaired) electrons. The van der Waals surface area contributed by atoms with Crippen molar-refractivity contribution in [1.82, 2.24) is 10.0 Å². The number of rotatable bonds is 7. The van der Waals surface area contributed by atoms with Gasteiger partial charge in [-0.25, -0.2) is 13.1 Å². The van der Waals surface area contributed by atoms with E-state index in [2.05, 4.69) is 37.7 Å². The number of nitrogens with one attached hydrogen (secondary N) is 2. The van der Waals surface area contributed by atoms with E-state index in [-0.39, 0.29) is 17.2 Å². The second-order valence-electron chi connectivity index (χ2n) is 6.69. The van der Waals surface area contributed by atoms with Gasteiger partial charge >= 0.3 is 0 Å². The predicted octanol–water partition coefficient (Wildman–Crippen LogP) is 2.26. The zero-order chi connectivity index (χ0) is 14.5. The summed E-state index contributed by atoms with van der Waals surface area (Å²) in [4.78, 5) is 0. The average Bonchev–Trinajstić information content (AvgIpc) is 2.27. The summed E-state index contributed by atoms with van der Waals surface area (Å²) < 4.78 is 27.1. The van der Waals surface area contributed by atoms with Gasteiger partial charge in [0.25, 0.3) is 0 Å². The standard InChI is InChI=1S/C14H30N2O2S/c1-12(2)15-10-7-11-19(17,18)16-13-8-5-6-9-14(13,3)4/h12-13,15-16H,5-11H2,1-4H3. The Morgan fingerprint density at radius 2 is 1.95 bits per heavy atom. The smallest absolute Gasteiger partial charge is 0.211 e. The minimum atomic E-state index is -3.14. The quantitative estimate of drug-likeness (QED) is 0.707. The fourth-order valence-corrected chi connectivity index (χ4v) is 4.15. The van der Waals surface area contributed by atoms with Crippen molar-refractivity contribution >= 4 is 10.0 Å². The summed E-state index contributed by atoms with van der Waals surface area (Å²) in [5.41, 5.74) is 0.0848. The van der Waals surface area contributed by atoms with E-state index in [1.54, 1.807) is 0 Å². The molecule has 1 unspecified atom stereocenters. The van der Waals surface area contributed by atoms with Crippen molar-refractivity contribution in [2.45, 2.75) is 71.9 Å². The Bertz CT molecular complexity index is 364. The first-order valence-electron chi connectivity index (χ1n) is 7.46. The van der Waals surface area contributed by atoms with Crippen LogP contribution in [0.5, 0.6) is 0 Å². The van der Waals surface area contributed by atoms with Crippen LogP contribution in [0.15, 0.2) is 0 Å². The van der Waals surface area contributed by atoms with Crippen LogP contribution in [-0.2, 0) is 10.0 Å². The molecule has 1 aliphatic carbocycles. The fraction of sp³-hybridized carbons (Fsp3) is 1.00. The molecule has 1 atom stereocenters. The highest BCUT2D eigenvalue weighted by atomic mass is 32.2. The molecule has 0 saturated heterocycles. The van der Waals surface area contributed by atoms with Gasteiger partial charge in [0.2, 0.25) is 10.0 Å².